The molecule has 1 aromatic heterocycles. The highest BCUT2D eigenvalue weighted by molar-refractivity contribution is 8.93. The number of aromatic nitrogens is 1. The molecule has 0 bridgehead atoms. The maximum absolute atomic E-state index is 13.5. The molecule has 3 heterocycles. The number of halogens is 1. The molecule has 1 fully saturated rings. The van der Waals surface area contributed by atoms with Crippen molar-refractivity contribution in [2.24, 2.45) is 0 Å². The number of carboxylic acids is 1. The number of carbonyl (C=O) groups excluding carboxylic acids is 2. The van der Waals surface area contributed by atoms with Crippen molar-refractivity contribution in [3.63, 3.8) is 0 Å². The summed E-state index contributed by atoms with van der Waals surface area (Å²) in [5.74, 6) is -0.878. The number of pyridine rings is 1. The van der Waals surface area contributed by atoms with E-state index < -0.39 is 18.0 Å². The Morgan fingerprint density at radius 2 is 1.95 bits per heavy atom. The molecule has 1 amide bonds. The van der Waals surface area contributed by atoms with Gasteiger partial charge in [0, 0.05) is 41.9 Å². The average Bonchev–Trinajstić information content (AvgIpc) is 3.38. The number of benzene rings is 1. The van der Waals surface area contributed by atoms with Gasteiger partial charge in [-0.1, -0.05) is 33.8 Å². The zero-order valence-corrected chi connectivity index (χ0v) is 23.3. The van der Waals surface area contributed by atoms with Gasteiger partial charge in [0.25, 0.3) is 0 Å². The molecule has 0 radical (unpaired) electrons. The summed E-state index contributed by atoms with van der Waals surface area (Å²) in [6.45, 7) is 8.19. The van der Waals surface area contributed by atoms with E-state index >= 15 is 0 Å². The number of nitrogens with one attached hydrogen (secondary N) is 1. The fourth-order valence-electron chi connectivity index (χ4n) is 4.61. The van der Waals surface area contributed by atoms with Gasteiger partial charge in [-0.15, -0.1) is 17.0 Å². The van der Waals surface area contributed by atoms with E-state index in [-0.39, 0.29) is 41.1 Å². The SMILES string of the molecule is Br.CCc1ccc2c(n1)C(=N)N(CC(=O)c1cc(N3CCCC3=O)c(OCC(=O)O)c(C(C)(C)C)c1)C2. The van der Waals surface area contributed by atoms with Crippen LogP contribution in [0.1, 0.15) is 73.4 Å². The highest BCUT2D eigenvalue weighted by atomic mass is 79.9. The van der Waals surface area contributed by atoms with Gasteiger partial charge in [0.05, 0.1) is 12.2 Å². The van der Waals surface area contributed by atoms with Crippen molar-refractivity contribution in [3.05, 3.63) is 52.3 Å². The number of carboxylic acid groups (broad SMARTS) is 1. The van der Waals surface area contributed by atoms with Crippen molar-refractivity contribution in [3.8, 4) is 5.75 Å². The number of amidine groups is 1. The van der Waals surface area contributed by atoms with Crippen LogP contribution in [-0.2, 0) is 28.0 Å². The third kappa shape index (κ3) is 5.84. The summed E-state index contributed by atoms with van der Waals surface area (Å²) >= 11 is 0. The lowest BCUT2D eigenvalue weighted by Crippen LogP contribution is -2.31. The predicted octanol–water partition coefficient (Wildman–Crippen LogP) is 4.13. The number of ketones is 1. The Balaban J connectivity index is 0.00000380. The van der Waals surface area contributed by atoms with Crippen LogP contribution >= 0.6 is 17.0 Å². The Morgan fingerprint density at radius 1 is 1.22 bits per heavy atom. The molecule has 0 atom stereocenters. The van der Waals surface area contributed by atoms with Crippen molar-refractivity contribution in [2.75, 3.05) is 24.6 Å². The zero-order valence-electron chi connectivity index (χ0n) is 21.6. The molecular formula is C27H33BrN4O5. The van der Waals surface area contributed by atoms with Crippen LogP contribution in [-0.4, -0.2) is 58.2 Å². The molecule has 4 rings (SSSR count). The number of aryl methyl sites for hydroxylation is 1. The first kappa shape index (κ1) is 28.3. The van der Waals surface area contributed by atoms with Crippen LogP contribution in [0, 0.1) is 5.41 Å². The molecule has 9 nitrogen and oxygen atoms in total. The van der Waals surface area contributed by atoms with Gasteiger partial charge in [0.2, 0.25) is 5.91 Å². The van der Waals surface area contributed by atoms with Crippen molar-refractivity contribution in [1.82, 2.24) is 9.88 Å². The van der Waals surface area contributed by atoms with Gasteiger partial charge in [0.1, 0.15) is 17.3 Å². The van der Waals surface area contributed by atoms with Gasteiger partial charge in [-0.25, -0.2) is 9.78 Å². The fraction of sp³-hybridized carbons (Fsp3) is 0.444. The Morgan fingerprint density at radius 3 is 2.54 bits per heavy atom. The van der Waals surface area contributed by atoms with Crippen LogP contribution in [0.15, 0.2) is 24.3 Å². The molecule has 10 heteroatoms. The highest BCUT2D eigenvalue weighted by Crippen LogP contribution is 2.42. The van der Waals surface area contributed by atoms with E-state index in [9.17, 15) is 19.5 Å². The number of fused-ring (bicyclic) bond motifs is 1. The first-order chi connectivity index (χ1) is 17.0. The van der Waals surface area contributed by atoms with Crippen LogP contribution < -0.4 is 9.64 Å². The third-order valence-electron chi connectivity index (χ3n) is 6.54. The summed E-state index contributed by atoms with van der Waals surface area (Å²) in [5, 5.41) is 17.8. The summed E-state index contributed by atoms with van der Waals surface area (Å²) in [5.41, 5.74) is 3.40. The van der Waals surface area contributed by atoms with E-state index in [0.717, 1.165) is 17.7 Å². The number of hydrogen-bond acceptors (Lipinski definition) is 6. The maximum atomic E-state index is 13.5. The van der Waals surface area contributed by atoms with E-state index in [4.69, 9.17) is 10.1 Å². The summed E-state index contributed by atoms with van der Waals surface area (Å²) < 4.78 is 5.71. The highest BCUT2D eigenvalue weighted by Gasteiger charge is 2.33. The molecule has 37 heavy (non-hydrogen) atoms. The molecule has 1 saturated heterocycles. The predicted molar refractivity (Wildman–Crippen MR) is 145 cm³/mol. The second-order valence-corrected chi connectivity index (χ2v) is 10.2. The number of hydrogen-bond donors (Lipinski definition) is 2. The van der Waals surface area contributed by atoms with Gasteiger partial charge in [0.15, 0.2) is 12.4 Å². The first-order valence-corrected chi connectivity index (χ1v) is 12.2. The van der Waals surface area contributed by atoms with Crippen LogP contribution in [0.25, 0.3) is 0 Å². The minimum absolute atomic E-state index is 0. The topological polar surface area (TPSA) is 124 Å². The molecule has 1 aromatic carbocycles. The molecule has 2 aliphatic heterocycles. The van der Waals surface area contributed by atoms with Gasteiger partial charge in [-0.3, -0.25) is 15.0 Å². The van der Waals surface area contributed by atoms with Crippen molar-refractivity contribution in [2.45, 2.75) is 58.9 Å². The summed E-state index contributed by atoms with van der Waals surface area (Å²) in [6, 6.07) is 7.26. The average molecular weight is 573 g/mol. The molecule has 0 unspecified atom stereocenters. The molecule has 198 valence electrons. The van der Waals surface area contributed by atoms with Crippen molar-refractivity contribution >= 4 is 46.2 Å². The number of Topliss-reactive ketones (excluding diaryl/α,β-unsaturated/α-hetero) is 1. The molecule has 0 spiro atoms. The number of carbonyl (C=O) groups is 3. The van der Waals surface area contributed by atoms with E-state index in [1.807, 2.05) is 39.8 Å². The van der Waals surface area contributed by atoms with Gasteiger partial charge < -0.3 is 19.6 Å². The second-order valence-electron chi connectivity index (χ2n) is 10.2. The molecule has 2 N–H and O–H groups in total. The number of nitrogens with zero attached hydrogens (tertiary/aromatic N) is 3. The Hall–Kier alpha value is -3.27. The smallest absolute Gasteiger partial charge is 0.341 e. The molecule has 2 aromatic rings. The monoisotopic (exact) mass is 572 g/mol. The summed E-state index contributed by atoms with van der Waals surface area (Å²) in [6.07, 6.45) is 1.83. The van der Waals surface area contributed by atoms with Gasteiger partial charge >= 0.3 is 5.97 Å². The van der Waals surface area contributed by atoms with E-state index in [0.29, 0.717) is 54.2 Å². The van der Waals surface area contributed by atoms with Crippen molar-refractivity contribution in [1.29, 1.82) is 5.41 Å². The maximum Gasteiger partial charge on any atom is 0.341 e. The van der Waals surface area contributed by atoms with Gasteiger partial charge in [-0.2, -0.15) is 0 Å². The lowest BCUT2D eigenvalue weighted by Gasteiger charge is -2.28. The Kier molecular flexibility index (Phi) is 8.42. The van der Waals surface area contributed by atoms with Gasteiger partial charge in [-0.05, 0) is 36.5 Å². The van der Waals surface area contributed by atoms with Crippen molar-refractivity contribution < 1.29 is 24.2 Å². The third-order valence-corrected chi connectivity index (χ3v) is 6.54. The van der Waals surface area contributed by atoms with Crippen LogP contribution in [0.4, 0.5) is 5.69 Å². The molecule has 0 aliphatic carbocycles. The Labute approximate surface area is 227 Å². The number of amides is 1. The second kappa shape index (κ2) is 11.0. The number of anilines is 1. The molecule has 2 aliphatic rings. The number of aliphatic carboxylic acids is 1. The summed E-state index contributed by atoms with van der Waals surface area (Å²) in [7, 11) is 0. The molecule has 0 saturated carbocycles. The fourth-order valence-corrected chi connectivity index (χ4v) is 4.61. The largest absolute Gasteiger partial charge is 0.479 e. The minimum atomic E-state index is -1.12. The lowest BCUT2D eigenvalue weighted by atomic mass is 9.84. The number of ether oxygens (including phenoxy) is 1. The van der Waals surface area contributed by atoms with Crippen LogP contribution in [0.5, 0.6) is 5.75 Å². The van der Waals surface area contributed by atoms with Crippen LogP contribution in [0.2, 0.25) is 0 Å². The van der Waals surface area contributed by atoms with E-state index in [1.54, 1.807) is 21.9 Å². The quantitative estimate of drug-likeness (QED) is 0.455. The van der Waals surface area contributed by atoms with Crippen LogP contribution in [0.3, 0.4) is 0 Å². The molecular weight excluding hydrogens is 540 g/mol. The normalized spacial score (nSPS) is 15.0. The lowest BCUT2D eigenvalue weighted by molar-refractivity contribution is -0.139. The van der Waals surface area contributed by atoms with E-state index in [2.05, 4.69) is 4.98 Å². The standard InChI is InChI=1S/C27H32N4O5.BrH/c1-5-18-9-8-16-13-30(26(28)24(16)29-18)14-21(32)17-11-19(27(2,3)4)25(36-15-23(34)35)20(12-17)31-10-6-7-22(31)33;/h8-9,11-12,28H,5-7,10,13-15H2,1-4H3,(H,34,35);1H. The minimum Gasteiger partial charge on any atom is -0.479 e. The first-order valence-electron chi connectivity index (χ1n) is 12.2. The number of rotatable bonds is 8. The Bertz CT molecular complexity index is 1250. The van der Waals surface area contributed by atoms with E-state index in [1.165, 1.54) is 0 Å². The summed E-state index contributed by atoms with van der Waals surface area (Å²) in [4.78, 5) is 45.3. The zero-order chi connectivity index (χ0) is 26.2.